The predicted octanol–water partition coefficient (Wildman–Crippen LogP) is 1.68. The van der Waals surface area contributed by atoms with E-state index in [1.165, 1.54) is 6.07 Å². The molecule has 0 bridgehead atoms. The minimum atomic E-state index is -0.307. The van der Waals surface area contributed by atoms with Crippen LogP contribution in [-0.2, 0) is 7.05 Å². The van der Waals surface area contributed by atoms with Crippen LogP contribution in [0.5, 0.6) is 0 Å². The maximum absolute atomic E-state index is 13.4. The van der Waals surface area contributed by atoms with E-state index in [9.17, 15) is 9.18 Å². The van der Waals surface area contributed by atoms with Crippen LogP contribution in [0.1, 0.15) is 10.5 Å². The van der Waals surface area contributed by atoms with Crippen LogP contribution in [0, 0.1) is 5.82 Å². The number of rotatable bonds is 1. The third kappa shape index (κ3) is 1.38. The Morgan fingerprint density at radius 1 is 1.47 bits per heavy atom. The van der Waals surface area contributed by atoms with Crippen molar-refractivity contribution in [3.05, 3.63) is 35.8 Å². The Morgan fingerprint density at radius 2 is 2.20 bits per heavy atom. The number of nitrogens with zero attached hydrogens (tertiary/aromatic N) is 1. The van der Waals surface area contributed by atoms with Gasteiger partial charge in [0.2, 0.25) is 0 Å². The van der Waals surface area contributed by atoms with Gasteiger partial charge in [-0.1, -0.05) is 6.07 Å². The number of halogens is 1. The zero-order valence-electron chi connectivity index (χ0n) is 8.54. The summed E-state index contributed by atoms with van der Waals surface area (Å²) in [5, 5.41) is 2.99. The zero-order chi connectivity index (χ0) is 11.0. The van der Waals surface area contributed by atoms with Gasteiger partial charge < -0.3 is 9.88 Å². The lowest BCUT2D eigenvalue weighted by atomic mass is 10.2. The van der Waals surface area contributed by atoms with Gasteiger partial charge >= 0.3 is 0 Å². The molecule has 1 aromatic heterocycles. The van der Waals surface area contributed by atoms with Crippen molar-refractivity contribution in [3.8, 4) is 0 Å². The number of carbonyl (C=O) groups is 1. The topological polar surface area (TPSA) is 34.0 Å². The van der Waals surface area contributed by atoms with Crippen molar-refractivity contribution < 1.29 is 9.18 Å². The summed E-state index contributed by atoms with van der Waals surface area (Å²) in [6.45, 7) is 0. The molecule has 15 heavy (non-hydrogen) atoms. The SMILES string of the molecule is CNC(=O)c1cc2c(F)cccc2n1C. The van der Waals surface area contributed by atoms with Gasteiger partial charge in [-0.25, -0.2) is 4.39 Å². The number of fused-ring (bicyclic) bond motifs is 1. The minimum absolute atomic E-state index is 0.215. The molecule has 3 nitrogen and oxygen atoms in total. The first-order valence-corrected chi connectivity index (χ1v) is 4.61. The maximum Gasteiger partial charge on any atom is 0.267 e. The van der Waals surface area contributed by atoms with Gasteiger partial charge in [-0.05, 0) is 18.2 Å². The van der Waals surface area contributed by atoms with E-state index >= 15 is 0 Å². The molecule has 0 aliphatic rings. The van der Waals surface area contributed by atoms with E-state index in [4.69, 9.17) is 0 Å². The highest BCUT2D eigenvalue weighted by atomic mass is 19.1. The van der Waals surface area contributed by atoms with Crippen LogP contribution in [0.25, 0.3) is 10.9 Å². The summed E-state index contributed by atoms with van der Waals surface area (Å²) >= 11 is 0. The van der Waals surface area contributed by atoms with Gasteiger partial charge in [0.15, 0.2) is 0 Å². The van der Waals surface area contributed by atoms with Crippen molar-refractivity contribution in [3.63, 3.8) is 0 Å². The lowest BCUT2D eigenvalue weighted by Gasteiger charge is -2.01. The Labute approximate surface area is 86.5 Å². The third-order valence-corrected chi connectivity index (χ3v) is 2.49. The molecule has 1 N–H and O–H groups in total. The van der Waals surface area contributed by atoms with E-state index in [0.29, 0.717) is 16.6 Å². The molecule has 1 amide bonds. The van der Waals surface area contributed by atoms with Crippen molar-refractivity contribution in [1.82, 2.24) is 9.88 Å². The second-order valence-corrected chi connectivity index (χ2v) is 3.34. The van der Waals surface area contributed by atoms with E-state index in [-0.39, 0.29) is 11.7 Å². The van der Waals surface area contributed by atoms with Gasteiger partial charge in [0.1, 0.15) is 11.5 Å². The summed E-state index contributed by atoms with van der Waals surface area (Å²) in [5.74, 6) is -0.522. The lowest BCUT2D eigenvalue weighted by Crippen LogP contribution is -2.20. The van der Waals surface area contributed by atoms with Gasteiger partial charge in [-0.3, -0.25) is 4.79 Å². The first kappa shape index (κ1) is 9.71. The van der Waals surface area contributed by atoms with E-state index in [0.717, 1.165) is 0 Å². The molecule has 2 aromatic rings. The molecule has 0 fully saturated rings. The highest BCUT2D eigenvalue weighted by molar-refractivity contribution is 5.98. The Kier molecular flexibility index (Phi) is 2.19. The highest BCUT2D eigenvalue weighted by Crippen LogP contribution is 2.21. The van der Waals surface area contributed by atoms with Crippen molar-refractivity contribution in [2.75, 3.05) is 7.05 Å². The van der Waals surface area contributed by atoms with Gasteiger partial charge in [-0.2, -0.15) is 0 Å². The van der Waals surface area contributed by atoms with Crippen molar-refractivity contribution >= 4 is 16.8 Å². The fourth-order valence-corrected chi connectivity index (χ4v) is 1.67. The summed E-state index contributed by atoms with van der Waals surface area (Å²) in [5.41, 5.74) is 1.17. The molecular formula is C11H11FN2O. The number of carbonyl (C=O) groups excluding carboxylic acids is 1. The molecule has 0 spiro atoms. The van der Waals surface area contributed by atoms with Crippen molar-refractivity contribution in [2.45, 2.75) is 0 Å². The molecule has 0 saturated carbocycles. The summed E-state index contributed by atoms with van der Waals surface area (Å²) in [6, 6.07) is 6.36. The lowest BCUT2D eigenvalue weighted by molar-refractivity contribution is 0.0955. The summed E-state index contributed by atoms with van der Waals surface area (Å²) in [4.78, 5) is 11.5. The first-order chi connectivity index (χ1) is 7.15. The molecule has 1 aromatic carbocycles. The summed E-state index contributed by atoms with van der Waals surface area (Å²) in [7, 11) is 3.29. The average Bonchev–Trinajstić information content (AvgIpc) is 2.57. The number of hydrogen-bond donors (Lipinski definition) is 1. The van der Waals surface area contributed by atoms with Crippen molar-refractivity contribution in [2.24, 2.45) is 7.05 Å². The smallest absolute Gasteiger partial charge is 0.267 e. The third-order valence-electron chi connectivity index (χ3n) is 2.49. The normalized spacial score (nSPS) is 10.6. The Hall–Kier alpha value is -1.84. The van der Waals surface area contributed by atoms with Gasteiger partial charge in [0.05, 0.1) is 5.52 Å². The number of aromatic nitrogens is 1. The monoisotopic (exact) mass is 206 g/mol. The molecule has 0 atom stereocenters. The van der Waals surface area contributed by atoms with Crippen molar-refractivity contribution in [1.29, 1.82) is 0 Å². The fourth-order valence-electron chi connectivity index (χ4n) is 1.67. The molecule has 0 radical (unpaired) electrons. The molecule has 2 rings (SSSR count). The zero-order valence-corrected chi connectivity index (χ0v) is 8.54. The largest absolute Gasteiger partial charge is 0.354 e. The van der Waals surface area contributed by atoms with Crippen LogP contribution in [0.2, 0.25) is 0 Å². The number of amides is 1. The van der Waals surface area contributed by atoms with Crippen LogP contribution in [0.15, 0.2) is 24.3 Å². The number of hydrogen-bond acceptors (Lipinski definition) is 1. The molecule has 1 heterocycles. The van der Waals surface area contributed by atoms with E-state index in [2.05, 4.69) is 5.32 Å². The fraction of sp³-hybridized carbons (Fsp3) is 0.182. The van der Waals surface area contributed by atoms with Crippen LogP contribution >= 0.6 is 0 Å². The molecule has 0 saturated heterocycles. The standard InChI is InChI=1S/C11H11FN2O/c1-13-11(15)10-6-7-8(12)4-3-5-9(7)14(10)2/h3-6H,1-2H3,(H,13,15). The van der Waals surface area contributed by atoms with E-state index in [1.54, 1.807) is 36.9 Å². The summed E-state index contributed by atoms with van der Waals surface area (Å²) in [6.07, 6.45) is 0. The molecule has 0 aliphatic heterocycles. The number of aryl methyl sites for hydroxylation is 1. The molecular weight excluding hydrogens is 195 g/mol. The number of nitrogens with one attached hydrogen (secondary N) is 1. The predicted molar refractivity (Wildman–Crippen MR) is 56.3 cm³/mol. The highest BCUT2D eigenvalue weighted by Gasteiger charge is 2.13. The Bertz CT molecular complexity index is 531. The Morgan fingerprint density at radius 3 is 2.80 bits per heavy atom. The Balaban J connectivity index is 2.75. The molecule has 78 valence electrons. The van der Waals surface area contributed by atoms with Gasteiger partial charge in [0.25, 0.3) is 5.91 Å². The number of benzene rings is 1. The van der Waals surface area contributed by atoms with Crippen LogP contribution in [0.3, 0.4) is 0 Å². The van der Waals surface area contributed by atoms with E-state index < -0.39 is 0 Å². The average molecular weight is 206 g/mol. The van der Waals surface area contributed by atoms with Crippen LogP contribution in [-0.4, -0.2) is 17.5 Å². The molecule has 0 unspecified atom stereocenters. The quantitative estimate of drug-likeness (QED) is 0.756. The molecule has 0 aliphatic carbocycles. The minimum Gasteiger partial charge on any atom is -0.354 e. The first-order valence-electron chi connectivity index (χ1n) is 4.61. The second kappa shape index (κ2) is 3.38. The van der Waals surface area contributed by atoms with Gasteiger partial charge in [0, 0.05) is 19.5 Å². The maximum atomic E-state index is 13.4. The second-order valence-electron chi connectivity index (χ2n) is 3.34. The van der Waals surface area contributed by atoms with Crippen LogP contribution < -0.4 is 5.32 Å². The molecule has 4 heteroatoms. The van der Waals surface area contributed by atoms with Crippen LogP contribution in [0.4, 0.5) is 4.39 Å². The van der Waals surface area contributed by atoms with Gasteiger partial charge in [-0.15, -0.1) is 0 Å². The summed E-state index contributed by atoms with van der Waals surface area (Å²) < 4.78 is 15.1. The van der Waals surface area contributed by atoms with E-state index in [1.807, 2.05) is 0 Å².